The van der Waals surface area contributed by atoms with Gasteiger partial charge in [-0.15, -0.1) is 0 Å². The molecular formula is C22H23N5O5S. The number of rotatable bonds is 7. The maximum absolute atomic E-state index is 13.3. The summed E-state index contributed by atoms with van der Waals surface area (Å²) in [6, 6.07) is 9.11. The summed E-state index contributed by atoms with van der Waals surface area (Å²) < 4.78 is 34.9. The highest BCUT2D eigenvalue weighted by molar-refractivity contribution is 7.89. The van der Waals surface area contributed by atoms with Crippen molar-refractivity contribution < 1.29 is 23.1 Å². The summed E-state index contributed by atoms with van der Waals surface area (Å²) in [5, 5.41) is 14.3. The monoisotopic (exact) mass is 469 g/mol. The van der Waals surface area contributed by atoms with Crippen LogP contribution in [-0.2, 0) is 21.2 Å². The van der Waals surface area contributed by atoms with Crippen LogP contribution in [0, 0.1) is 12.5 Å². The number of ether oxygens (including phenoxy) is 1. The average molecular weight is 470 g/mol. The first-order chi connectivity index (χ1) is 15.7. The molecule has 3 heterocycles. The third-order valence-electron chi connectivity index (χ3n) is 5.68. The van der Waals surface area contributed by atoms with Crippen LogP contribution in [0.3, 0.4) is 0 Å². The molecule has 1 aromatic carbocycles. The Labute approximate surface area is 191 Å². The smallest absolute Gasteiger partial charge is 0.309 e. The molecule has 0 radical (unpaired) electrons. The van der Waals surface area contributed by atoms with E-state index < -0.39 is 16.0 Å². The Hall–Kier alpha value is -3.49. The fourth-order valence-corrected chi connectivity index (χ4v) is 5.64. The van der Waals surface area contributed by atoms with Gasteiger partial charge in [0, 0.05) is 13.1 Å². The normalized spacial score (nSPS) is 18.9. The maximum Gasteiger partial charge on any atom is 0.309 e. The quantitative estimate of drug-likeness (QED) is 0.529. The summed E-state index contributed by atoms with van der Waals surface area (Å²) in [6.07, 6.45) is -0.294. The van der Waals surface area contributed by atoms with Crippen LogP contribution in [0.1, 0.15) is 25.6 Å². The summed E-state index contributed by atoms with van der Waals surface area (Å²) in [7, 11) is -3.75. The minimum atomic E-state index is -3.75. The number of benzene rings is 1. The lowest BCUT2D eigenvalue weighted by Gasteiger charge is -2.17. The topological polar surface area (TPSA) is 119 Å². The summed E-state index contributed by atoms with van der Waals surface area (Å²) in [6.45, 7) is 11.9. The van der Waals surface area contributed by atoms with Crippen molar-refractivity contribution >= 4 is 32.8 Å². The number of nitrogens with zero attached hydrogens (tertiary/aromatic N) is 5. The van der Waals surface area contributed by atoms with E-state index in [0.717, 1.165) is 0 Å². The van der Waals surface area contributed by atoms with Crippen molar-refractivity contribution in [1.82, 2.24) is 19.1 Å². The molecule has 1 saturated heterocycles. The van der Waals surface area contributed by atoms with E-state index in [1.165, 1.54) is 22.5 Å². The number of sulfonamides is 1. The van der Waals surface area contributed by atoms with Gasteiger partial charge in [-0.25, -0.2) is 13.1 Å². The fourth-order valence-electron chi connectivity index (χ4n) is 4.08. The molecule has 11 heteroatoms. The lowest BCUT2D eigenvalue weighted by atomic mass is 10.1. The van der Waals surface area contributed by atoms with Crippen LogP contribution in [0.2, 0.25) is 0 Å². The summed E-state index contributed by atoms with van der Waals surface area (Å²) in [5.74, 6) is -0.383. The van der Waals surface area contributed by atoms with Gasteiger partial charge < -0.3 is 14.7 Å². The van der Waals surface area contributed by atoms with Crippen LogP contribution >= 0.6 is 0 Å². The number of hydrogen-bond acceptors (Lipinski definition) is 6. The fraction of sp³-hybridized carbons (Fsp3) is 0.364. The summed E-state index contributed by atoms with van der Waals surface area (Å²) in [4.78, 5) is 19.2. The average Bonchev–Trinajstić information content (AvgIpc) is 3.34. The molecule has 1 aliphatic heterocycles. The molecule has 0 spiro atoms. The molecule has 1 fully saturated rings. The van der Waals surface area contributed by atoms with E-state index in [9.17, 15) is 18.3 Å². The third-order valence-corrected chi connectivity index (χ3v) is 7.52. The molecular weight excluding hydrogens is 446 g/mol. The van der Waals surface area contributed by atoms with E-state index in [1.807, 2.05) is 13.8 Å². The first-order valence-corrected chi connectivity index (χ1v) is 11.9. The molecule has 10 nitrogen and oxygen atoms in total. The van der Waals surface area contributed by atoms with E-state index in [0.29, 0.717) is 29.1 Å². The summed E-state index contributed by atoms with van der Waals surface area (Å²) >= 11 is 0. The molecule has 0 amide bonds. The van der Waals surface area contributed by atoms with Gasteiger partial charge in [-0.1, -0.05) is 24.5 Å². The maximum atomic E-state index is 13.3. The van der Waals surface area contributed by atoms with Crippen LogP contribution in [0.4, 0.5) is 5.82 Å². The van der Waals surface area contributed by atoms with Crippen LogP contribution in [-0.4, -0.2) is 58.3 Å². The Morgan fingerprint density at radius 3 is 2.61 bits per heavy atom. The van der Waals surface area contributed by atoms with Crippen molar-refractivity contribution in [3.63, 3.8) is 0 Å². The lowest BCUT2D eigenvalue weighted by molar-refractivity contribution is -0.136. The van der Waals surface area contributed by atoms with E-state index >= 15 is 0 Å². The largest absolute Gasteiger partial charge is 0.494 e. The second-order valence-electron chi connectivity index (χ2n) is 7.89. The first kappa shape index (κ1) is 22.7. The highest BCUT2D eigenvalue weighted by atomic mass is 32.2. The second-order valence-corrected chi connectivity index (χ2v) is 9.82. The highest BCUT2D eigenvalue weighted by Crippen LogP contribution is 2.35. The van der Waals surface area contributed by atoms with Crippen LogP contribution in [0.25, 0.3) is 15.9 Å². The van der Waals surface area contributed by atoms with Crippen molar-refractivity contribution in [3.05, 3.63) is 53.5 Å². The lowest BCUT2D eigenvalue weighted by Crippen LogP contribution is -2.29. The van der Waals surface area contributed by atoms with Crippen LogP contribution in [0.5, 0.6) is 5.75 Å². The molecule has 0 unspecified atom stereocenters. The van der Waals surface area contributed by atoms with Gasteiger partial charge in [0.25, 0.3) is 11.5 Å². The van der Waals surface area contributed by atoms with Gasteiger partial charge in [-0.3, -0.25) is 4.79 Å². The van der Waals surface area contributed by atoms with Crippen LogP contribution in [0.15, 0.2) is 41.3 Å². The molecule has 4 rings (SSSR count). The molecule has 0 saturated carbocycles. The van der Waals surface area contributed by atoms with Gasteiger partial charge in [-0.05, 0) is 43.2 Å². The molecule has 33 heavy (non-hydrogen) atoms. The predicted octanol–water partition coefficient (Wildman–Crippen LogP) is 2.89. The zero-order valence-corrected chi connectivity index (χ0v) is 19.0. The molecule has 1 aliphatic rings. The first-order valence-electron chi connectivity index (χ1n) is 10.4. The Morgan fingerprint density at radius 1 is 1.24 bits per heavy atom. The van der Waals surface area contributed by atoms with Gasteiger partial charge in [0.1, 0.15) is 5.75 Å². The second kappa shape index (κ2) is 8.80. The van der Waals surface area contributed by atoms with Crippen LogP contribution < -0.4 is 4.74 Å². The van der Waals surface area contributed by atoms with Crippen molar-refractivity contribution in [2.24, 2.45) is 5.92 Å². The highest BCUT2D eigenvalue weighted by Gasteiger charge is 2.40. The molecule has 0 aliphatic carbocycles. The molecule has 0 bridgehead atoms. The number of aliphatic carboxylic acids is 1. The summed E-state index contributed by atoms with van der Waals surface area (Å²) in [5.41, 5.74) is 0.721. The van der Waals surface area contributed by atoms with E-state index in [1.54, 1.807) is 22.9 Å². The Balaban J connectivity index is 1.68. The number of hydrogen-bond donors (Lipinski definition) is 1. The minimum absolute atomic E-state index is 0.110. The Morgan fingerprint density at radius 2 is 1.97 bits per heavy atom. The number of carbonyl (C=O) groups is 1. The zero-order chi connectivity index (χ0) is 23.8. The molecule has 2 aromatic heterocycles. The van der Waals surface area contributed by atoms with Gasteiger partial charge in [-0.2, -0.15) is 9.40 Å². The van der Waals surface area contributed by atoms with E-state index in [4.69, 9.17) is 11.3 Å². The number of aromatic nitrogens is 3. The number of pyridine rings is 1. The SMILES string of the molecule is [C-]#[N+]c1ccc2c(CC(=O)O)nn([C@H]3CN(S(=O)(=O)c4ccc(OCC)cc4)C[C@H]3C)c2n1. The standard InChI is InChI=1S/C22H23N5O5S/c1-4-32-15-5-7-16(8-6-15)33(30,31)26-12-14(2)19(13-26)27-22-17(9-10-20(23-3)24-22)18(25-27)11-21(28)29/h5-10,14,19H,4,11-13H2,1-2H3,(H,28,29)/t14-,19+/m1/s1. The van der Waals surface area contributed by atoms with Crippen molar-refractivity contribution in [2.45, 2.75) is 31.2 Å². The number of carboxylic acid groups (broad SMARTS) is 1. The van der Waals surface area contributed by atoms with Gasteiger partial charge in [0.05, 0.1) is 35.0 Å². The van der Waals surface area contributed by atoms with Crippen molar-refractivity contribution in [1.29, 1.82) is 0 Å². The van der Waals surface area contributed by atoms with Gasteiger partial charge in [0.2, 0.25) is 10.0 Å². The predicted molar refractivity (Wildman–Crippen MR) is 120 cm³/mol. The van der Waals surface area contributed by atoms with Crippen molar-refractivity contribution in [3.8, 4) is 5.75 Å². The van der Waals surface area contributed by atoms with Gasteiger partial charge >= 0.3 is 5.97 Å². The van der Waals surface area contributed by atoms with E-state index in [-0.39, 0.29) is 42.2 Å². The Bertz CT molecular complexity index is 1340. The zero-order valence-electron chi connectivity index (χ0n) is 18.2. The minimum Gasteiger partial charge on any atom is -0.494 e. The number of fused-ring (bicyclic) bond motifs is 1. The van der Waals surface area contributed by atoms with Crippen molar-refractivity contribution in [2.75, 3.05) is 19.7 Å². The molecule has 2 atom stereocenters. The third kappa shape index (κ3) is 4.27. The molecule has 172 valence electrons. The molecule has 3 aromatic rings. The van der Waals surface area contributed by atoms with Gasteiger partial charge in [0.15, 0.2) is 0 Å². The number of carboxylic acids is 1. The van der Waals surface area contributed by atoms with E-state index in [2.05, 4.69) is 14.9 Å². The Kier molecular flexibility index (Phi) is 6.05. The molecule has 1 N–H and O–H groups in total.